The number of imidazole rings is 2. The van der Waals surface area contributed by atoms with Crippen LogP contribution in [0.4, 0.5) is 9.59 Å². The number of carbonyl (C=O) groups is 4. The molecular weight excluding hydrogens is 777 g/mol. The Labute approximate surface area is 354 Å². The summed E-state index contributed by atoms with van der Waals surface area (Å²) in [5, 5.41) is 7.84. The minimum atomic E-state index is -0.661. The largest absolute Gasteiger partial charge is 0.453 e. The van der Waals surface area contributed by atoms with E-state index in [1.165, 1.54) is 14.2 Å². The molecule has 2 saturated carbocycles. The van der Waals surface area contributed by atoms with Gasteiger partial charge in [0.15, 0.2) is 0 Å². The van der Waals surface area contributed by atoms with Crippen molar-refractivity contribution < 1.29 is 33.4 Å². The fourth-order valence-electron chi connectivity index (χ4n) is 10.1. The van der Waals surface area contributed by atoms with Gasteiger partial charge in [0.2, 0.25) is 11.8 Å². The number of alkyl carbamates (subject to hydrolysis) is 2. The van der Waals surface area contributed by atoms with Crippen molar-refractivity contribution in [1.82, 2.24) is 40.4 Å². The maximum atomic E-state index is 14.1. The summed E-state index contributed by atoms with van der Waals surface area (Å²) in [6.45, 7) is 1.73. The molecule has 4 N–H and O–H groups in total. The minimum absolute atomic E-state index is 0.0610. The molecule has 4 heterocycles. The number of carbonyl (C=O) groups excluding carboxylic acids is 4. The Hall–Kier alpha value is -5.96. The molecule has 4 aliphatic rings. The zero-order valence-corrected chi connectivity index (χ0v) is 34.8. The van der Waals surface area contributed by atoms with Gasteiger partial charge in [0.05, 0.1) is 56.4 Å². The number of amides is 4. The topological polar surface area (TPSA) is 184 Å². The Kier molecular flexibility index (Phi) is 11.6. The van der Waals surface area contributed by atoms with E-state index < -0.39 is 30.3 Å². The molecule has 0 bridgehead atoms. The summed E-state index contributed by atoms with van der Waals surface area (Å²) in [4.78, 5) is 73.0. The van der Waals surface area contributed by atoms with Gasteiger partial charge >= 0.3 is 12.2 Å². The van der Waals surface area contributed by atoms with Gasteiger partial charge in [-0.15, -0.1) is 0 Å². The first-order valence-electron chi connectivity index (χ1n) is 21.7. The Bertz CT molecular complexity index is 2420. The van der Waals surface area contributed by atoms with E-state index in [4.69, 9.17) is 24.2 Å². The zero-order valence-electron chi connectivity index (χ0n) is 34.8. The molecule has 61 heavy (non-hydrogen) atoms. The molecule has 3 aromatic carbocycles. The summed E-state index contributed by atoms with van der Waals surface area (Å²) in [6, 6.07) is 17.0. The molecule has 320 valence electrons. The minimum Gasteiger partial charge on any atom is -0.453 e. The third-order valence-electron chi connectivity index (χ3n) is 13.4. The van der Waals surface area contributed by atoms with Gasteiger partial charge in [-0.05, 0) is 96.5 Å². The number of likely N-dealkylation sites (tertiary alicyclic amines) is 1. The second kappa shape index (κ2) is 17.6. The average Bonchev–Trinajstić information content (AvgIpc) is 4.16. The molecule has 0 radical (unpaired) electrons. The first-order valence-corrected chi connectivity index (χ1v) is 21.7. The molecule has 15 nitrogen and oxygen atoms in total. The maximum absolute atomic E-state index is 14.1. The normalized spacial score (nSPS) is 20.9. The first kappa shape index (κ1) is 40.4. The third kappa shape index (κ3) is 8.27. The highest BCUT2D eigenvalue weighted by atomic mass is 16.5. The van der Waals surface area contributed by atoms with Gasteiger partial charge < -0.3 is 44.6 Å². The molecule has 5 aromatic rings. The van der Waals surface area contributed by atoms with E-state index >= 15 is 0 Å². The van der Waals surface area contributed by atoms with Crippen LogP contribution in [0, 0.1) is 11.8 Å². The molecule has 4 unspecified atom stereocenters. The van der Waals surface area contributed by atoms with Gasteiger partial charge in [-0.1, -0.05) is 56.0 Å². The summed E-state index contributed by atoms with van der Waals surface area (Å²) >= 11 is 0. The van der Waals surface area contributed by atoms with Gasteiger partial charge in [0.25, 0.3) is 0 Å². The third-order valence-corrected chi connectivity index (χ3v) is 13.4. The van der Waals surface area contributed by atoms with Crippen molar-refractivity contribution in [1.29, 1.82) is 0 Å². The lowest BCUT2D eigenvalue weighted by molar-refractivity contribution is -0.144. The molecule has 15 heteroatoms. The van der Waals surface area contributed by atoms with Crippen LogP contribution in [0.15, 0.2) is 60.8 Å². The molecule has 4 fully saturated rings. The van der Waals surface area contributed by atoms with Gasteiger partial charge in [0.1, 0.15) is 29.8 Å². The molecule has 4 atom stereocenters. The number of hydrogen-bond donors (Lipinski definition) is 4. The van der Waals surface area contributed by atoms with E-state index in [1.54, 1.807) is 4.90 Å². The average molecular weight is 831 g/mol. The van der Waals surface area contributed by atoms with Crippen molar-refractivity contribution in [2.45, 2.75) is 88.4 Å². The summed E-state index contributed by atoms with van der Waals surface area (Å²) in [6.07, 6.45) is 10.1. The number of nitrogens with zero attached hydrogens (tertiary/aromatic N) is 4. The molecule has 2 aromatic heterocycles. The first-order chi connectivity index (χ1) is 29.8. The van der Waals surface area contributed by atoms with Crippen LogP contribution in [-0.2, 0) is 23.8 Å². The van der Waals surface area contributed by atoms with E-state index in [-0.39, 0.29) is 29.7 Å². The Morgan fingerprint density at radius 1 is 0.689 bits per heavy atom. The summed E-state index contributed by atoms with van der Waals surface area (Å²) in [5.41, 5.74) is 5.59. The monoisotopic (exact) mass is 830 g/mol. The lowest BCUT2D eigenvalue weighted by atomic mass is 9.96. The van der Waals surface area contributed by atoms with Crippen LogP contribution < -0.4 is 10.6 Å². The molecule has 0 spiro atoms. The Morgan fingerprint density at radius 3 is 1.93 bits per heavy atom. The maximum Gasteiger partial charge on any atom is 0.407 e. The molecule has 2 saturated heterocycles. The van der Waals surface area contributed by atoms with E-state index in [9.17, 15) is 19.2 Å². The lowest BCUT2D eigenvalue weighted by Crippen LogP contribution is -2.55. The number of ether oxygens (including phenoxy) is 3. The second-order valence-electron chi connectivity index (χ2n) is 16.9. The van der Waals surface area contributed by atoms with E-state index in [0.29, 0.717) is 32.1 Å². The van der Waals surface area contributed by atoms with Gasteiger partial charge in [-0.3, -0.25) is 9.59 Å². The molecular formula is C46H54N8O7. The number of hydrogen-bond acceptors (Lipinski definition) is 9. The molecule has 2 aliphatic carbocycles. The molecule has 2 aliphatic heterocycles. The van der Waals surface area contributed by atoms with Crippen LogP contribution in [0.2, 0.25) is 0 Å². The van der Waals surface area contributed by atoms with Crippen LogP contribution in [0.5, 0.6) is 0 Å². The highest BCUT2D eigenvalue weighted by Crippen LogP contribution is 2.37. The van der Waals surface area contributed by atoms with Crippen molar-refractivity contribution in [2.24, 2.45) is 11.8 Å². The van der Waals surface area contributed by atoms with E-state index in [0.717, 1.165) is 114 Å². The summed E-state index contributed by atoms with van der Waals surface area (Å²) in [5.74, 6) is 1.35. The SMILES string of the molecule is COC(=O)NC(C(=O)N1CCCC1c1ncc(-c2ccc3cc(-c4ccc5nc(C6COCCN6C(=O)C(NC(=O)OC)C6CCCC6)[nH]c5c4)ccc3c2)[nH]1)C1CCCC1. The molecule has 4 amide bonds. The van der Waals surface area contributed by atoms with Gasteiger partial charge in [-0.25, -0.2) is 19.6 Å². The zero-order chi connectivity index (χ0) is 42.0. The second-order valence-corrected chi connectivity index (χ2v) is 16.9. The quantitative estimate of drug-likeness (QED) is 0.113. The number of fused-ring (bicyclic) bond motifs is 2. The fourth-order valence-corrected chi connectivity index (χ4v) is 10.1. The van der Waals surface area contributed by atoms with Crippen molar-refractivity contribution in [3.63, 3.8) is 0 Å². The van der Waals surface area contributed by atoms with Gasteiger partial charge in [0, 0.05) is 18.7 Å². The number of H-pyrrole nitrogens is 2. The van der Waals surface area contributed by atoms with E-state index in [1.807, 2.05) is 17.2 Å². The summed E-state index contributed by atoms with van der Waals surface area (Å²) in [7, 11) is 2.64. The smallest absolute Gasteiger partial charge is 0.407 e. The van der Waals surface area contributed by atoms with Crippen LogP contribution >= 0.6 is 0 Å². The number of aromatic nitrogens is 4. The van der Waals surface area contributed by atoms with Crippen molar-refractivity contribution in [3.05, 3.63) is 72.4 Å². The number of nitrogens with one attached hydrogen (secondary N) is 4. The lowest BCUT2D eigenvalue weighted by Gasteiger charge is -2.38. The highest BCUT2D eigenvalue weighted by Gasteiger charge is 2.41. The number of aromatic amines is 2. The number of morpholine rings is 1. The van der Waals surface area contributed by atoms with E-state index in [2.05, 4.69) is 69.1 Å². The summed E-state index contributed by atoms with van der Waals surface area (Å²) < 4.78 is 15.6. The fraction of sp³-hybridized carbons (Fsp3) is 0.478. The predicted octanol–water partition coefficient (Wildman–Crippen LogP) is 7.17. The van der Waals surface area contributed by atoms with Crippen molar-refractivity contribution in [2.75, 3.05) is 40.5 Å². The van der Waals surface area contributed by atoms with Crippen LogP contribution in [0.3, 0.4) is 0 Å². The number of rotatable bonds is 10. The van der Waals surface area contributed by atoms with Crippen molar-refractivity contribution in [3.8, 4) is 22.4 Å². The highest BCUT2D eigenvalue weighted by molar-refractivity contribution is 5.92. The predicted molar refractivity (Wildman–Crippen MR) is 228 cm³/mol. The van der Waals surface area contributed by atoms with Crippen LogP contribution in [-0.4, -0.2) is 106 Å². The van der Waals surface area contributed by atoms with Crippen LogP contribution in [0.25, 0.3) is 44.2 Å². The number of benzene rings is 3. The Balaban J connectivity index is 0.910. The van der Waals surface area contributed by atoms with Crippen LogP contribution in [0.1, 0.15) is 87.9 Å². The Morgan fingerprint density at radius 2 is 1.28 bits per heavy atom. The standard InChI is InChI=1S/C46H54N8O7/c1-59-45(57)51-39(27-8-3-4-9-27)43(55)53-19-7-12-37(53)41-47-25-36(50-41)33-16-15-29-22-30(13-14-31(29)23-33)32-17-18-34-35(24-32)49-42(48-34)38-26-61-21-20-54(38)44(56)40(52-46(58)60-2)28-10-5-6-11-28/h13-18,22-25,27-28,37-40H,3-12,19-21,26H2,1-2H3,(H,47,50)(H,48,49)(H,51,57)(H,52,58). The molecule has 9 rings (SSSR count). The number of methoxy groups -OCH3 is 2. The van der Waals surface area contributed by atoms with Gasteiger partial charge in [-0.2, -0.15) is 0 Å². The van der Waals surface area contributed by atoms with Crippen molar-refractivity contribution >= 4 is 45.8 Å².